The number of benzene rings is 1. The molecule has 0 bridgehead atoms. The minimum atomic E-state index is 0.00246. The molecule has 0 spiro atoms. The van der Waals surface area contributed by atoms with Gasteiger partial charge in [0.05, 0.1) is 0 Å². The molecule has 1 rings (SSSR count). The molecule has 0 aliphatic rings. The van der Waals surface area contributed by atoms with E-state index < -0.39 is 0 Å². The van der Waals surface area contributed by atoms with E-state index in [0.717, 1.165) is 12.0 Å². The Bertz CT molecular complexity index is 418. The number of carbonyl (C=O) groups is 1. The van der Waals surface area contributed by atoms with Crippen molar-refractivity contribution in [3.8, 4) is 5.75 Å². The monoisotopic (exact) mass is 263 g/mol. The van der Waals surface area contributed by atoms with Gasteiger partial charge in [0.2, 0.25) is 5.91 Å². The minimum absolute atomic E-state index is 0.00246. The van der Waals surface area contributed by atoms with Crippen molar-refractivity contribution in [1.82, 2.24) is 0 Å². The van der Waals surface area contributed by atoms with Crippen molar-refractivity contribution < 1.29 is 9.90 Å². The first kappa shape index (κ1) is 15.5. The number of hydrogen-bond acceptors (Lipinski definition) is 2. The minimum Gasteiger partial charge on any atom is -0.508 e. The normalized spacial score (nSPS) is 12.8. The van der Waals surface area contributed by atoms with Crippen LogP contribution < -0.4 is 5.32 Å². The van der Waals surface area contributed by atoms with Crippen LogP contribution in [-0.2, 0) is 4.79 Å². The molecule has 1 aromatic carbocycles. The van der Waals surface area contributed by atoms with Crippen LogP contribution >= 0.6 is 0 Å². The van der Waals surface area contributed by atoms with Crippen molar-refractivity contribution in [2.45, 2.75) is 41.0 Å². The number of phenols is 1. The Morgan fingerprint density at radius 2 is 1.84 bits per heavy atom. The SMILES string of the molecule is Cc1cc(O)cc(NC(=O)C(CC(C)C)C(C)C)c1. The highest BCUT2D eigenvalue weighted by Crippen LogP contribution is 2.24. The molecule has 0 aromatic heterocycles. The second kappa shape index (κ2) is 6.60. The molecule has 0 saturated heterocycles. The molecule has 0 aliphatic heterocycles. The van der Waals surface area contributed by atoms with E-state index in [2.05, 4.69) is 33.0 Å². The Labute approximate surface area is 116 Å². The molecule has 1 aromatic rings. The first-order valence-electron chi connectivity index (χ1n) is 6.91. The zero-order valence-corrected chi connectivity index (χ0v) is 12.5. The smallest absolute Gasteiger partial charge is 0.227 e. The molecule has 0 saturated carbocycles. The molecule has 1 amide bonds. The van der Waals surface area contributed by atoms with Crippen molar-refractivity contribution in [3.63, 3.8) is 0 Å². The Balaban J connectivity index is 2.81. The van der Waals surface area contributed by atoms with Gasteiger partial charge in [-0.1, -0.05) is 27.7 Å². The number of rotatable bonds is 5. The molecule has 0 heterocycles. The summed E-state index contributed by atoms with van der Waals surface area (Å²) in [5.41, 5.74) is 1.59. The largest absolute Gasteiger partial charge is 0.508 e. The highest BCUT2D eigenvalue weighted by atomic mass is 16.3. The van der Waals surface area contributed by atoms with E-state index in [1.54, 1.807) is 12.1 Å². The predicted molar refractivity (Wildman–Crippen MR) is 79.3 cm³/mol. The highest BCUT2D eigenvalue weighted by molar-refractivity contribution is 5.93. The van der Waals surface area contributed by atoms with Crippen LogP contribution in [0.2, 0.25) is 0 Å². The predicted octanol–water partition coefficient (Wildman–Crippen LogP) is 3.96. The van der Waals surface area contributed by atoms with E-state index in [9.17, 15) is 9.90 Å². The fraction of sp³-hybridized carbons (Fsp3) is 0.562. The van der Waals surface area contributed by atoms with E-state index in [-0.39, 0.29) is 17.6 Å². The topological polar surface area (TPSA) is 49.3 Å². The van der Waals surface area contributed by atoms with Gasteiger partial charge in [-0.3, -0.25) is 4.79 Å². The second-order valence-electron chi connectivity index (χ2n) is 6.03. The lowest BCUT2D eigenvalue weighted by molar-refractivity contribution is -0.121. The third kappa shape index (κ3) is 4.93. The second-order valence-corrected chi connectivity index (χ2v) is 6.03. The first-order valence-corrected chi connectivity index (χ1v) is 6.91. The maximum atomic E-state index is 12.3. The fourth-order valence-electron chi connectivity index (χ4n) is 2.26. The maximum absolute atomic E-state index is 12.3. The van der Waals surface area contributed by atoms with E-state index in [0.29, 0.717) is 17.5 Å². The van der Waals surface area contributed by atoms with Crippen molar-refractivity contribution in [3.05, 3.63) is 23.8 Å². The van der Waals surface area contributed by atoms with Gasteiger partial charge in [-0.05, 0) is 42.9 Å². The molecular weight excluding hydrogens is 238 g/mol. The average Bonchev–Trinajstić information content (AvgIpc) is 2.23. The van der Waals surface area contributed by atoms with Crippen LogP contribution in [0.15, 0.2) is 18.2 Å². The molecule has 106 valence electrons. The Morgan fingerprint density at radius 3 is 2.32 bits per heavy atom. The number of amides is 1. The van der Waals surface area contributed by atoms with Crippen LogP contribution in [0.4, 0.5) is 5.69 Å². The van der Waals surface area contributed by atoms with E-state index >= 15 is 0 Å². The zero-order chi connectivity index (χ0) is 14.6. The molecule has 0 fully saturated rings. The Hall–Kier alpha value is -1.51. The summed E-state index contributed by atoms with van der Waals surface area (Å²) in [4.78, 5) is 12.3. The zero-order valence-electron chi connectivity index (χ0n) is 12.5. The summed E-state index contributed by atoms with van der Waals surface area (Å²) in [5.74, 6) is 1.02. The average molecular weight is 263 g/mol. The standard InChI is InChI=1S/C16H25NO2/c1-10(2)6-15(11(3)4)16(19)17-13-7-12(5)8-14(18)9-13/h7-11,15,18H,6H2,1-5H3,(H,17,19). The summed E-state index contributed by atoms with van der Waals surface area (Å²) < 4.78 is 0. The van der Waals surface area contributed by atoms with Gasteiger partial charge in [-0.15, -0.1) is 0 Å². The maximum Gasteiger partial charge on any atom is 0.227 e. The fourth-order valence-corrected chi connectivity index (χ4v) is 2.26. The summed E-state index contributed by atoms with van der Waals surface area (Å²) in [5, 5.41) is 12.5. The summed E-state index contributed by atoms with van der Waals surface area (Å²) >= 11 is 0. The van der Waals surface area contributed by atoms with Crippen molar-refractivity contribution in [1.29, 1.82) is 0 Å². The highest BCUT2D eigenvalue weighted by Gasteiger charge is 2.23. The van der Waals surface area contributed by atoms with Crippen molar-refractivity contribution in [2.75, 3.05) is 5.32 Å². The van der Waals surface area contributed by atoms with Gasteiger partial charge >= 0.3 is 0 Å². The van der Waals surface area contributed by atoms with Gasteiger partial charge in [-0.25, -0.2) is 0 Å². The van der Waals surface area contributed by atoms with Gasteiger partial charge in [0.25, 0.3) is 0 Å². The number of carbonyl (C=O) groups excluding carboxylic acids is 1. The van der Waals surface area contributed by atoms with Gasteiger partial charge in [0.1, 0.15) is 5.75 Å². The third-order valence-electron chi connectivity index (χ3n) is 3.20. The summed E-state index contributed by atoms with van der Waals surface area (Å²) in [6, 6.07) is 5.12. The van der Waals surface area contributed by atoms with Crippen LogP contribution in [0.3, 0.4) is 0 Å². The van der Waals surface area contributed by atoms with E-state index in [4.69, 9.17) is 0 Å². The van der Waals surface area contributed by atoms with Crippen LogP contribution in [0.5, 0.6) is 5.75 Å². The van der Waals surface area contributed by atoms with Crippen molar-refractivity contribution >= 4 is 11.6 Å². The van der Waals surface area contributed by atoms with E-state index in [1.165, 1.54) is 0 Å². The summed E-state index contributed by atoms with van der Waals surface area (Å²) in [7, 11) is 0. The molecule has 2 N–H and O–H groups in total. The first-order chi connectivity index (χ1) is 8.79. The molecule has 0 radical (unpaired) electrons. The molecule has 1 atom stereocenters. The summed E-state index contributed by atoms with van der Waals surface area (Å²) in [6.45, 7) is 10.3. The number of anilines is 1. The lowest BCUT2D eigenvalue weighted by Crippen LogP contribution is -2.28. The molecule has 1 unspecified atom stereocenters. The van der Waals surface area contributed by atoms with Gasteiger partial charge < -0.3 is 10.4 Å². The molecule has 19 heavy (non-hydrogen) atoms. The molecule has 3 heteroatoms. The molecule has 3 nitrogen and oxygen atoms in total. The lowest BCUT2D eigenvalue weighted by atomic mass is 9.87. The quantitative estimate of drug-likeness (QED) is 0.844. The number of phenolic OH excluding ortho intramolecular Hbond substituents is 1. The van der Waals surface area contributed by atoms with Gasteiger partial charge in [-0.2, -0.15) is 0 Å². The Morgan fingerprint density at radius 1 is 1.21 bits per heavy atom. The number of nitrogens with one attached hydrogen (secondary N) is 1. The Kier molecular flexibility index (Phi) is 5.40. The van der Waals surface area contributed by atoms with E-state index in [1.807, 2.05) is 13.0 Å². The third-order valence-corrected chi connectivity index (χ3v) is 3.20. The lowest BCUT2D eigenvalue weighted by Gasteiger charge is -2.22. The summed E-state index contributed by atoms with van der Waals surface area (Å²) in [6.07, 6.45) is 0.876. The van der Waals surface area contributed by atoms with Crippen molar-refractivity contribution in [2.24, 2.45) is 17.8 Å². The van der Waals surface area contributed by atoms with Crippen LogP contribution in [0, 0.1) is 24.7 Å². The molecular formula is C16H25NO2. The van der Waals surface area contributed by atoms with Gasteiger partial charge in [0.15, 0.2) is 0 Å². The van der Waals surface area contributed by atoms with Gasteiger partial charge in [0, 0.05) is 17.7 Å². The number of aromatic hydroxyl groups is 1. The number of aryl methyl sites for hydroxylation is 1. The number of hydrogen-bond donors (Lipinski definition) is 2. The molecule has 0 aliphatic carbocycles. The van der Waals surface area contributed by atoms with Crippen LogP contribution in [0.25, 0.3) is 0 Å². The van der Waals surface area contributed by atoms with Crippen LogP contribution in [-0.4, -0.2) is 11.0 Å². The van der Waals surface area contributed by atoms with Crippen LogP contribution in [0.1, 0.15) is 39.7 Å².